The highest BCUT2D eigenvalue weighted by atomic mass is 19.2. The highest BCUT2D eigenvalue weighted by molar-refractivity contribution is 5.73. The minimum Gasteiger partial charge on any atom is -0.488 e. The average molecular weight is 231 g/mol. The molecular weight excluding hydrogens is 220 g/mol. The summed E-state index contributed by atoms with van der Waals surface area (Å²) in [6.45, 7) is -0.286. The number of hydrogen-bond donors (Lipinski definition) is 2. The highest BCUT2D eigenvalue weighted by Gasteiger charge is 2.17. The van der Waals surface area contributed by atoms with Crippen molar-refractivity contribution in [3.63, 3.8) is 0 Å². The number of aliphatic carboxylic acids is 1. The molecule has 4 nitrogen and oxygen atoms in total. The molecule has 0 amide bonds. The maximum Gasteiger partial charge on any atom is 0.324 e. The van der Waals surface area contributed by atoms with Gasteiger partial charge in [-0.05, 0) is 19.2 Å². The maximum absolute atomic E-state index is 13.1. The maximum atomic E-state index is 13.1. The van der Waals surface area contributed by atoms with Gasteiger partial charge in [0, 0.05) is 0 Å². The van der Waals surface area contributed by atoms with Gasteiger partial charge in [-0.1, -0.05) is 6.07 Å². The molecule has 0 spiro atoms. The Balaban J connectivity index is 2.67. The van der Waals surface area contributed by atoms with E-state index in [1.807, 2.05) is 0 Å². The van der Waals surface area contributed by atoms with Gasteiger partial charge in [-0.15, -0.1) is 0 Å². The normalized spacial score (nSPS) is 12.2. The van der Waals surface area contributed by atoms with Gasteiger partial charge in [0.05, 0.1) is 0 Å². The van der Waals surface area contributed by atoms with Crippen LogP contribution in [0.4, 0.5) is 8.78 Å². The minimum atomic E-state index is -1.13. The first-order valence-electron chi connectivity index (χ1n) is 4.53. The Kier molecular flexibility index (Phi) is 4.19. The van der Waals surface area contributed by atoms with E-state index >= 15 is 0 Å². The van der Waals surface area contributed by atoms with Crippen LogP contribution in [-0.2, 0) is 4.79 Å². The number of ether oxygens (including phenoxy) is 1. The first-order valence-corrected chi connectivity index (χ1v) is 4.53. The summed E-state index contributed by atoms with van der Waals surface area (Å²) >= 11 is 0. The van der Waals surface area contributed by atoms with E-state index in [-0.39, 0.29) is 12.4 Å². The molecule has 1 rings (SSSR count). The molecule has 0 aliphatic rings. The van der Waals surface area contributed by atoms with Crippen LogP contribution in [-0.4, -0.2) is 30.8 Å². The summed E-state index contributed by atoms with van der Waals surface area (Å²) in [5.41, 5.74) is 0. The number of rotatable bonds is 5. The van der Waals surface area contributed by atoms with Gasteiger partial charge < -0.3 is 15.2 Å². The van der Waals surface area contributed by atoms with E-state index in [0.29, 0.717) is 0 Å². The number of carbonyl (C=O) groups is 1. The first-order chi connectivity index (χ1) is 7.56. The van der Waals surface area contributed by atoms with E-state index in [0.717, 1.165) is 6.07 Å². The van der Waals surface area contributed by atoms with Crippen molar-refractivity contribution in [2.75, 3.05) is 13.7 Å². The van der Waals surface area contributed by atoms with Crippen LogP contribution in [0, 0.1) is 11.6 Å². The molecule has 0 heterocycles. The van der Waals surface area contributed by atoms with Crippen molar-refractivity contribution in [3.05, 3.63) is 29.8 Å². The predicted molar refractivity (Wildman–Crippen MR) is 52.3 cm³/mol. The molecule has 6 heteroatoms. The second-order valence-corrected chi connectivity index (χ2v) is 3.04. The summed E-state index contributed by atoms with van der Waals surface area (Å²) in [5, 5.41) is 11.1. The Morgan fingerprint density at radius 3 is 2.81 bits per heavy atom. The van der Waals surface area contributed by atoms with E-state index in [1.165, 1.54) is 19.2 Å². The molecule has 0 aliphatic heterocycles. The number of carboxylic acids is 1. The Bertz CT molecular complexity index is 384. The number of benzene rings is 1. The molecular formula is C10H11F2NO3. The van der Waals surface area contributed by atoms with Crippen LogP contribution >= 0.6 is 0 Å². The number of likely N-dealkylation sites (N-methyl/N-ethyl adjacent to an activating group) is 1. The van der Waals surface area contributed by atoms with Crippen LogP contribution in [0.2, 0.25) is 0 Å². The third-order valence-corrected chi connectivity index (χ3v) is 1.97. The fourth-order valence-electron chi connectivity index (χ4n) is 1.05. The highest BCUT2D eigenvalue weighted by Crippen LogP contribution is 2.19. The molecule has 0 fully saturated rings. The number of carboxylic acid groups (broad SMARTS) is 1. The zero-order valence-corrected chi connectivity index (χ0v) is 8.54. The Morgan fingerprint density at radius 2 is 2.25 bits per heavy atom. The van der Waals surface area contributed by atoms with Gasteiger partial charge in [0.25, 0.3) is 0 Å². The van der Waals surface area contributed by atoms with Gasteiger partial charge in [-0.2, -0.15) is 4.39 Å². The van der Waals surface area contributed by atoms with Crippen LogP contribution in [0.5, 0.6) is 5.75 Å². The van der Waals surface area contributed by atoms with Crippen molar-refractivity contribution in [1.82, 2.24) is 5.32 Å². The average Bonchev–Trinajstić information content (AvgIpc) is 2.24. The van der Waals surface area contributed by atoms with Crippen LogP contribution in [0.3, 0.4) is 0 Å². The molecule has 1 aromatic carbocycles. The van der Waals surface area contributed by atoms with E-state index in [4.69, 9.17) is 9.84 Å². The third kappa shape index (κ3) is 2.90. The topological polar surface area (TPSA) is 58.6 Å². The lowest BCUT2D eigenvalue weighted by Crippen LogP contribution is -2.39. The lowest BCUT2D eigenvalue weighted by atomic mass is 10.3. The summed E-state index contributed by atoms with van der Waals surface area (Å²) in [7, 11) is 1.43. The van der Waals surface area contributed by atoms with Gasteiger partial charge in [0.1, 0.15) is 12.6 Å². The van der Waals surface area contributed by atoms with Crippen LogP contribution < -0.4 is 10.1 Å². The van der Waals surface area contributed by atoms with Crippen molar-refractivity contribution < 1.29 is 23.4 Å². The van der Waals surface area contributed by atoms with Crippen LogP contribution in [0.1, 0.15) is 0 Å². The molecule has 0 aliphatic carbocycles. The summed E-state index contributed by atoms with van der Waals surface area (Å²) in [6, 6.07) is 2.49. The molecule has 16 heavy (non-hydrogen) atoms. The standard InChI is InChI=1S/C10H11F2NO3/c1-13-7(10(14)15)5-16-8-4-2-3-6(11)9(8)12/h2-4,7,13H,5H2,1H3,(H,14,15). The van der Waals surface area contributed by atoms with Crippen LogP contribution in [0.15, 0.2) is 18.2 Å². The third-order valence-electron chi connectivity index (χ3n) is 1.97. The second kappa shape index (κ2) is 5.41. The predicted octanol–water partition coefficient (Wildman–Crippen LogP) is 1.02. The number of halogens is 2. The van der Waals surface area contributed by atoms with Crippen molar-refractivity contribution in [3.8, 4) is 5.75 Å². The van der Waals surface area contributed by atoms with Crippen molar-refractivity contribution in [1.29, 1.82) is 0 Å². The van der Waals surface area contributed by atoms with E-state index in [9.17, 15) is 13.6 Å². The smallest absolute Gasteiger partial charge is 0.324 e. The molecule has 0 saturated heterocycles. The largest absolute Gasteiger partial charge is 0.488 e. The second-order valence-electron chi connectivity index (χ2n) is 3.04. The van der Waals surface area contributed by atoms with Gasteiger partial charge in [-0.3, -0.25) is 4.79 Å². The monoisotopic (exact) mass is 231 g/mol. The lowest BCUT2D eigenvalue weighted by Gasteiger charge is -2.13. The molecule has 2 N–H and O–H groups in total. The van der Waals surface area contributed by atoms with Crippen molar-refractivity contribution in [2.45, 2.75) is 6.04 Å². The lowest BCUT2D eigenvalue weighted by molar-refractivity contribution is -0.140. The Labute approximate surface area is 90.8 Å². The molecule has 1 atom stereocenters. The zero-order chi connectivity index (χ0) is 12.1. The first kappa shape index (κ1) is 12.4. The molecule has 1 aromatic rings. The van der Waals surface area contributed by atoms with E-state index in [1.54, 1.807) is 0 Å². The van der Waals surface area contributed by atoms with E-state index < -0.39 is 23.6 Å². The molecule has 0 bridgehead atoms. The van der Waals surface area contributed by atoms with Gasteiger partial charge in [-0.25, -0.2) is 4.39 Å². The molecule has 0 aromatic heterocycles. The zero-order valence-electron chi connectivity index (χ0n) is 8.54. The summed E-state index contributed by atoms with van der Waals surface area (Å²) in [5.74, 6) is -3.59. The summed E-state index contributed by atoms with van der Waals surface area (Å²) in [4.78, 5) is 10.6. The Morgan fingerprint density at radius 1 is 1.56 bits per heavy atom. The van der Waals surface area contributed by atoms with E-state index in [2.05, 4.69) is 5.32 Å². The molecule has 0 saturated carbocycles. The molecule has 1 unspecified atom stereocenters. The van der Waals surface area contributed by atoms with Crippen LogP contribution in [0.25, 0.3) is 0 Å². The van der Waals surface area contributed by atoms with Gasteiger partial charge >= 0.3 is 5.97 Å². The van der Waals surface area contributed by atoms with Gasteiger partial charge in [0.15, 0.2) is 11.6 Å². The van der Waals surface area contributed by atoms with Gasteiger partial charge in [0.2, 0.25) is 5.82 Å². The molecule has 88 valence electrons. The quantitative estimate of drug-likeness (QED) is 0.794. The van der Waals surface area contributed by atoms with Crippen molar-refractivity contribution >= 4 is 5.97 Å². The SMILES string of the molecule is CNC(COc1cccc(F)c1F)C(=O)O. The fourth-order valence-corrected chi connectivity index (χ4v) is 1.05. The number of nitrogens with one attached hydrogen (secondary N) is 1. The fraction of sp³-hybridized carbons (Fsp3) is 0.300. The minimum absolute atomic E-state index is 0.286. The molecule has 0 radical (unpaired) electrons. The Hall–Kier alpha value is -1.69. The number of hydrogen-bond acceptors (Lipinski definition) is 3. The summed E-state index contributed by atoms with van der Waals surface area (Å²) < 4.78 is 30.7. The summed E-state index contributed by atoms with van der Waals surface area (Å²) in [6.07, 6.45) is 0. The van der Waals surface area contributed by atoms with Crippen molar-refractivity contribution in [2.24, 2.45) is 0 Å².